The number of pyridine rings is 1. The highest BCUT2D eigenvalue weighted by molar-refractivity contribution is 7.13. The zero-order valence-corrected chi connectivity index (χ0v) is 15.7. The summed E-state index contributed by atoms with van der Waals surface area (Å²) in [6, 6.07) is 8.47. The summed E-state index contributed by atoms with van der Waals surface area (Å²) in [5.41, 5.74) is 3.10. The highest BCUT2D eigenvalue weighted by Gasteiger charge is 2.17. The Hall–Kier alpha value is -3.06. The Kier molecular flexibility index (Phi) is 4.45. The molecule has 1 aromatic carbocycles. The molecule has 1 amide bonds. The summed E-state index contributed by atoms with van der Waals surface area (Å²) in [5.74, 6) is -0.902. The number of hydrogen-bond donors (Lipinski definition) is 1. The SMILES string of the molecule is CCn1cc(-c2nc(C(=O)Nc3cc(C)ccc3F)cs2)c2cccnc21. The molecular weight excluding hydrogens is 363 g/mol. The number of thiazole rings is 1. The first-order valence-electron chi connectivity index (χ1n) is 8.54. The summed E-state index contributed by atoms with van der Waals surface area (Å²) in [6.07, 6.45) is 3.76. The van der Waals surface area contributed by atoms with E-state index < -0.39 is 11.7 Å². The molecule has 136 valence electrons. The van der Waals surface area contributed by atoms with Gasteiger partial charge in [0.1, 0.15) is 22.2 Å². The third-order valence-corrected chi connectivity index (χ3v) is 5.19. The van der Waals surface area contributed by atoms with E-state index in [1.165, 1.54) is 17.4 Å². The molecule has 0 spiro atoms. The maximum Gasteiger partial charge on any atom is 0.275 e. The van der Waals surface area contributed by atoms with Gasteiger partial charge in [0.05, 0.1) is 5.69 Å². The van der Waals surface area contributed by atoms with Gasteiger partial charge in [0.2, 0.25) is 0 Å². The number of anilines is 1. The number of amides is 1. The van der Waals surface area contributed by atoms with Gasteiger partial charge in [-0.1, -0.05) is 6.07 Å². The van der Waals surface area contributed by atoms with E-state index in [9.17, 15) is 9.18 Å². The molecule has 0 saturated carbocycles. The van der Waals surface area contributed by atoms with Gasteiger partial charge in [-0.15, -0.1) is 11.3 Å². The minimum absolute atomic E-state index is 0.154. The molecule has 4 rings (SSSR count). The van der Waals surface area contributed by atoms with Crippen LogP contribution in [0.4, 0.5) is 10.1 Å². The van der Waals surface area contributed by atoms with Crippen molar-refractivity contribution in [3.05, 3.63) is 65.2 Å². The molecule has 5 nitrogen and oxygen atoms in total. The van der Waals surface area contributed by atoms with Gasteiger partial charge < -0.3 is 9.88 Å². The minimum Gasteiger partial charge on any atom is -0.332 e. The van der Waals surface area contributed by atoms with Crippen molar-refractivity contribution < 1.29 is 9.18 Å². The van der Waals surface area contributed by atoms with Gasteiger partial charge in [0.15, 0.2) is 0 Å². The van der Waals surface area contributed by atoms with E-state index in [-0.39, 0.29) is 11.4 Å². The number of carbonyl (C=O) groups is 1. The van der Waals surface area contributed by atoms with Crippen LogP contribution in [-0.4, -0.2) is 20.4 Å². The second kappa shape index (κ2) is 6.92. The molecule has 3 aromatic heterocycles. The van der Waals surface area contributed by atoms with Crippen LogP contribution in [0, 0.1) is 12.7 Å². The highest BCUT2D eigenvalue weighted by atomic mass is 32.1. The quantitative estimate of drug-likeness (QED) is 0.549. The third kappa shape index (κ3) is 3.21. The lowest BCUT2D eigenvalue weighted by atomic mass is 10.2. The topological polar surface area (TPSA) is 59.8 Å². The summed E-state index contributed by atoms with van der Waals surface area (Å²) < 4.78 is 15.9. The van der Waals surface area contributed by atoms with Crippen LogP contribution in [0.3, 0.4) is 0 Å². The van der Waals surface area contributed by atoms with Gasteiger partial charge in [-0.05, 0) is 43.7 Å². The predicted molar refractivity (Wildman–Crippen MR) is 106 cm³/mol. The van der Waals surface area contributed by atoms with E-state index in [0.717, 1.165) is 33.7 Å². The van der Waals surface area contributed by atoms with E-state index in [1.807, 2.05) is 29.8 Å². The number of aryl methyl sites for hydroxylation is 2. The average molecular weight is 380 g/mol. The number of fused-ring (bicyclic) bond motifs is 1. The normalized spacial score (nSPS) is 11.1. The molecule has 27 heavy (non-hydrogen) atoms. The minimum atomic E-state index is -0.471. The van der Waals surface area contributed by atoms with Crippen molar-refractivity contribution in [2.45, 2.75) is 20.4 Å². The van der Waals surface area contributed by atoms with Gasteiger partial charge in [-0.3, -0.25) is 4.79 Å². The summed E-state index contributed by atoms with van der Waals surface area (Å²) in [6.45, 7) is 4.68. The van der Waals surface area contributed by atoms with Gasteiger partial charge in [0, 0.05) is 35.3 Å². The molecule has 0 saturated heterocycles. The Morgan fingerprint density at radius 3 is 3.00 bits per heavy atom. The summed E-state index contributed by atoms with van der Waals surface area (Å²) in [5, 5.41) is 6.01. The number of nitrogens with zero attached hydrogens (tertiary/aromatic N) is 3. The number of aromatic nitrogens is 3. The van der Waals surface area contributed by atoms with Crippen molar-refractivity contribution in [3.63, 3.8) is 0 Å². The van der Waals surface area contributed by atoms with Crippen molar-refractivity contribution in [2.24, 2.45) is 0 Å². The molecule has 0 aliphatic heterocycles. The third-order valence-electron chi connectivity index (χ3n) is 4.31. The maximum absolute atomic E-state index is 13.9. The lowest BCUT2D eigenvalue weighted by Gasteiger charge is -2.05. The van der Waals surface area contributed by atoms with Crippen molar-refractivity contribution >= 4 is 34.0 Å². The number of rotatable bonds is 4. The van der Waals surface area contributed by atoms with Gasteiger partial charge in [-0.25, -0.2) is 14.4 Å². The molecule has 0 radical (unpaired) electrons. The van der Waals surface area contributed by atoms with Gasteiger partial charge >= 0.3 is 0 Å². The monoisotopic (exact) mass is 380 g/mol. The number of hydrogen-bond acceptors (Lipinski definition) is 4. The number of nitrogens with one attached hydrogen (secondary N) is 1. The molecule has 3 heterocycles. The van der Waals surface area contributed by atoms with E-state index in [1.54, 1.807) is 23.7 Å². The van der Waals surface area contributed by atoms with Crippen LogP contribution in [0.1, 0.15) is 23.0 Å². The standard InChI is InChI=1S/C20H17FN4OS/c1-3-25-10-14(13-5-4-8-22-18(13)25)20-24-17(11-27-20)19(26)23-16-9-12(2)6-7-15(16)21/h4-11H,3H2,1-2H3,(H,23,26). The molecule has 0 bridgehead atoms. The lowest BCUT2D eigenvalue weighted by molar-refractivity contribution is 0.102. The van der Waals surface area contributed by atoms with Crippen molar-refractivity contribution in [1.29, 1.82) is 0 Å². The average Bonchev–Trinajstić information content (AvgIpc) is 3.29. The molecule has 0 aliphatic carbocycles. The Labute approximate surface area is 159 Å². The Morgan fingerprint density at radius 2 is 2.19 bits per heavy atom. The van der Waals surface area contributed by atoms with Crippen molar-refractivity contribution in [3.8, 4) is 10.6 Å². The van der Waals surface area contributed by atoms with Crippen molar-refractivity contribution in [2.75, 3.05) is 5.32 Å². The molecule has 0 fully saturated rings. The summed E-state index contributed by atoms with van der Waals surface area (Å²) >= 11 is 1.38. The predicted octanol–water partition coefficient (Wildman–Crippen LogP) is 4.88. The fraction of sp³-hybridized carbons (Fsp3) is 0.150. The molecular formula is C20H17FN4OS. The van der Waals surface area contributed by atoms with Crippen LogP contribution in [0.5, 0.6) is 0 Å². The molecule has 0 aliphatic rings. The van der Waals surface area contributed by atoms with E-state index in [2.05, 4.69) is 22.2 Å². The van der Waals surface area contributed by atoms with Crippen LogP contribution in [0.2, 0.25) is 0 Å². The van der Waals surface area contributed by atoms with E-state index in [4.69, 9.17) is 0 Å². The number of halogens is 1. The van der Waals surface area contributed by atoms with E-state index in [0.29, 0.717) is 0 Å². The zero-order chi connectivity index (χ0) is 19.0. The second-order valence-electron chi connectivity index (χ2n) is 6.18. The van der Waals surface area contributed by atoms with Gasteiger partial charge in [-0.2, -0.15) is 0 Å². The summed E-state index contributed by atoms with van der Waals surface area (Å²) in [7, 11) is 0. The molecule has 0 unspecified atom stereocenters. The van der Waals surface area contributed by atoms with Crippen LogP contribution in [0.15, 0.2) is 48.1 Å². The molecule has 7 heteroatoms. The zero-order valence-electron chi connectivity index (χ0n) is 14.9. The largest absolute Gasteiger partial charge is 0.332 e. The fourth-order valence-electron chi connectivity index (χ4n) is 2.96. The van der Waals surface area contributed by atoms with E-state index >= 15 is 0 Å². The second-order valence-corrected chi connectivity index (χ2v) is 7.04. The first-order valence-corrected chi connectivity index (χ1v) is 9.42. The Morgan fingerprint density at radius 1 is 1.33 bits per heavy atom. The summed E-state index contributed by atoms with van der Waals surface area (Å²) in [4.78, 5) is 21.4. The Bertz CT molecular complexity index is 1150. The lowest BCUT2D eigenvalue weighted by Crippen LogP contribution is -2.13. The van der Waals surface area contributed by atoms with Crippen LogP contribution < -0.4 is 5.32 Å². The van der Waals surface area contributed by atoms with Crippen molar-refractivity contribution in [1.82, 2.24) is 14.5 Å². The highest BCUT2D eigenvalue weighted by Crippen LogP contribution is 2.32. The van der Waals surface area contributed by atoms with Crippen LogP contribution in [0.25, 0.3) is 21.6 Å². The van der Waals surface area contributed by atoms with Gasteiger partial charge in [0.25, 0.3) is 5.91 Å². The van der Waals surface area contributed by atoms with Crippen LogP contribution in [-0.2, 0) is 6.54 Å². The number of benzene rings is 1. The Balaban J connectivity index is 1.66. The smallest absolute Gasteiger partial charge is 0.275 e. The first kappa shape index (κ1) is 17.4. The number of carbonyl (C=O) groups excluding carboxylic acids is 1. The fourth-order valence-corrected chi connectivity index (χ4v) is 3.78. The van der Waals surface area contributed by atoms with Crippen LogP contribution >= 0.6 is 11.3 Å². The maximum atomic E-state index is 13.9. The molecule has 0 atom stereocenters. The first-order chi connectivity index (χ1) is 13.1. The molecule has 4 aromatic rings. The molecule has 1 N–H and O–H groups in total.